The standard InChI is InChI=1S/C26H27N7O4S/c1-19-2-6-21(7-3-19)27-17-25-29-31(18-30-12-14-36-15-13-30)26(38)32(25)28-16-23-10-11-24(37-23)20-4-8-22(9-5-20)33(34)35/h2-11,16,27H,12-15,17-18H2,1H3/b28-16+. The number of aromatic nitrogens is 3. The molecule has 1 N–H and O–H groups in total. The molecule has 5 rings (SSSR count). The summed E-state index contributed by atoms with van der Waals surface area (Å²) in [6.07, 6.45) is 1.58. The number of aryl methyl sites for hydroxylation is 1. The summed E-state index contributed by atoms with van der Waals surface area (Å²) in [5, 5.41) is 23.7. The summed E-state index contributed by atoms with van der Waals surface area (Å²) in [6, 6.07) is 17.9. The minimum absolute atomic E-state index is 0.0253. The first-order valence-electron chi connectivity index (χ1n) is 12.1. The molecule has 0 atom stereocenters. The van der Waals surface area contributed by atoms with Crippen LogP contribution < -0.4 is 5.32 Å². The van der Waals surface area contributed by atoms with Crippen molar-refractivity contribution in [3.63, 3.8) is 0 Å². The summed E-state index contributed by atoms with van der Waals surface area (Å²) in [5.74, 6) is 1.75. The van der Waals surface area contributed by atoms with Crippen LogP contribution in [0.4, 0.5) is 11.4 Å². The van der Waals surface area contributed by atoms with Crippen molar-refractivity contribution in [2.24, 2.45) is 5.10 Å². The lowest BCUT2D eigenvalue weighted by Crippen LogP contribution is -2.37. The fraction of sp³-hybridized carbons (Fsp3) is 0.269. The molecule has 2 aromatic heterocycles. The van der Waals surface area contributed by atoms with Gasteiger partial charge in [0.25, 0.3) is 5.69 Å². The molecule has 1 saturated heterocycles. The normalized spacial score (nSPS) is 14.2. The number of furan rings is 1. The molecule has 3 heterocycles. The second kappa shape index (κ2) is 11.5. The van der Waals surface area contributed by atoms with E-state index in [2.05, 4.69) is 15.3 Å². The largest absolute Gasteiger partial charge is 0.455 e. The van der Waals surface area contributed by atoms with Crippen LogP contribution in [-0.2, 0) is 18.0 Å². The number of nitro benzene ring substituents is 1. The Kier molecular flexibility index (Phi) is 7.73. The van der Waals surface area contributed by atoms with Gasteiger partial charge in [-0.3, -0.25) is 15.0 Å². The second-order valence-electron chi connectivity index (χ2n) is 8.85. The van der Waals surface area contributed by atoms with E-state index in [-0.39, 0.29) is 5.69 Å². The maximum Gasteiger partial charge on any atom is 0.269 e. The lowest BCUT2D eigenvalue weighted by atomic mass is 10.1. The zero-order chi connectivity index (χ0) is 26.5. The Bertz CT molecular complexity index is 1480. The molecule has 4 aromatic rings. The fourth-order valence-corrected chi connectivity index (χ4v) is 4.24. The Labute approximate surface area is 224 Å². The highest BCUT2D eigenvalue weighted by molar-refractivity contribution is 7.71. The van der Waals surface area contributed by atoms with Gasteiger partial charge in [-0.2, -0.15) is 14.9 Å². The van der Waals surface area contributed by atoms with Crippen LogP contribution in [0.15, 0.2) is 70.2 Å². The monoisotopic (exact) mass is 533 g/mol. The number of morpholine rings is 1. The highest BCUT2D eigenvalue weighted by atomic mass is 32.1. The summed E-state index contributed by atoms with van der Waals surface area (Å²) in [7, 11) is 0. The van der Waals surface area contributed by atoms with Crippen LogP contribution in [0, 0.1) is 21.8 Å². The van der Waals surface area contributed by atoms with Crippen LogP contribution in [0.5, 0.6) is 0 Å². The van der Waals surface area contributed by atoms with Gasteiger partial charge >= 0.3 is 0 Å². The molecule has 2 aromatic carbocycles. The van der Waals surface area contributed by atoms with Gasteiger partial charge in [0.2, 0.25) is 4.77 Å². The predicted octanol–water partition coefficient (Wildman–Crippen LogP) is 4.67. The van der Waals surface area contributed by atoms with E-state index in [0.717, 1.165) is 24.3 Å². The summed E-state index contributed by atoms with van der Waals surface area (Å²) in [4.78, 5) is 12.7. The van der Waals surface area contributed by atoms with E-state index in [4.69, 9.17) is 26.5 Å². The molecule has 11 nitrogen and oxygen atoms in total. The number of benzene rings is 2. The highest BCUT2D eigenvalue weighted by Gasteiger charge is 2.16. The van der Waals surface area contributed by atoms with E-state index in [9.17, 15) is 10.1 Å². The van der Waals surface area contributed by atoms with Gasteiger partial charge in [0, 0.05) is 36.5 Å². The van der Waals surface area contributed by atoms with Crippen LogP contribution in [0.25, 0.3) is 11.3 Å². The third-order valence-electron chi connectivity index (χ3n) is 6.11. The molecule has 196 valence electrons. The van der Waals surface area contributed by atoms with Gasteiger partial charge in [-0.05, 0) is 55.5 Å². The lowest BCUT2D eigenvalue weighted by molar-refractivity contribution is -0.384. The molecular formula is C26H27N7O4S. The maximum atomic E-state index is 10.9. The van der Waals surface area contributed by atoms with Gasteiger partial charge in [-0.1, -0.05) is 17.7 Å². The summed E-state index contributed by atoms with van der Waals surface area (Å²) < 4.78 is 15.2. The van der Waals surface area contributed by atoms with Crippen molar-refractivity contribution in [1.82, 2.24) is 19.4 Å². The number of non-ortho nitro benzene ring substituents is 1. The average molecular weight is 534 g/mol. The van der Waals surface area contributed by atoms with Crippen molar-refractivity contribution >= 4 is 29.8 Å². The lowest BCUT2D eigenvalue weighted by Gasteiger charge is -2.25. The number of anilines is 1. The Balaban J connectivity index is 1.37. The van der Waals surface area contributed by atoms with Crippen LogP contribution >= 0.6 is 12.2 Å². The minimum Gasteiger partial charge on any atom is -0.455 e. The third kappa shape index (κ3) is 6.05. The Hall–Kier alpha value is -4.13. The average Bonchev–Trinajstić information content (AvgIpc) is 3.52. The predicted molar refractivity (Wildman–Crippen MR) is 146 cm³/mol. The van der Waals surface area contributed by atoms with E-state index in [1.54, 1.807) is 39.8 Å². The molecule has 1 aliphatic rings. The van der Waals surface area contributed by atoms with Crippen molar-refractivity contribution in [1.29, 1.82) is 0 Å². The number of nitrogens with zero attached hydrogens (tertiary/aromatic N) is 6. The van der Waals surface area contributed by atoms with Crippen molar-refractivity contribution in [2.45, 2.75) is 20.1 Å². The number of rotatable bonds is 9. The molecule has 0 bridgehead atoms. The van der Waals surface area contributed by atoms with Crippen molar-refractivity contribution in [2.75, 3.05) is 31.6 Å². The molecular weight excluding hydrogens is 506 g/mol. The van der Waals surface area contributed by atoms with Gasteiger partial charge in [-0.25, -0.2) is 4.68 Å². The zero-order valence-corrected chi connectivity index (χ0v) is 21.6. The van der Waals surface area contributed by atoms with Crippen LogP contribution in [0.1, 0.15) is 17.1 Å². The summed E-state index contributed by atoms with van der Waals surface area (Å²) in [6.45, 7) is 6.01. The van der Waals surface area contributed by atoms with Gasteiger partial charge in [0.05, 0.1) is 37.6 Å². The molecule has 0 aliphatic carbocycles. The number of ether oxygens (including phenoxy) is 1. The van der Waals surface area contributed by atoms with E-state index in [0.29, 0.717) is 48.5 Å². The van der Waals surface area contributed by atoms with E-state index >= 15 is 0 Å². The molecule has 12 heteroatoms. The third-order valence-corrected chi connectivity index (χ3v) is 6.50. The molecule has 0 saturated carbocycles. The van der Waals surface area contributed by atoms with Crippen molar-refractivity contribution in [3.8, 4) is 11.3 Å². The number of hydrogen-bond acceptors (Lipinski definition) is 9. The van der Waals surface area contributed by atoms with E-state index in [1.807, 2.05) is 31.2 Å². The van der Waals surface area contributed by atoms with Gasteiger partial charge in [0.15, 0.2) is 5.82 Å². The van der Waals surface area contributed by atoms with Gasteiger partial charge in [-0.15, -0.1) is 0 Å². The maximum absolute atomic E-state index is 10.9. The van der Waals surface area contributed by atoms with Crippen LogP contribution in [0.3, 0.4) is 0 Å². The summed E-state index contributed by atoms with van der Waals surface area (Å²) >= 11 is 5.74. The second-order valence-corrected chi connectivity index (χ2v) is 9.22. The first kappa shape index (κ1) is 25.5. The van der Waals surface area contributed by atoms with Crippen LogP contribution in [-0.4, -0.2) is 56.8 Å². The van der Waals surface area contributed by atoms with E-state index < -0.39 is 4.92 Å². The molecule has 0 spiro atoms. The number of nitrogens with one attached hydrogen (secondary N) is 1. The Morgan fingerprint density at radius 3 is 2.55 bits per heavy atom. The Morgan fingerprint density at radius 2 is 1.84 bits per heavy atom. The first-order valence-corrected chi connectivity index (χ1v) is 12.6. The molecule has 0 radical (unpaired) electrons. The first-order chi connectivity index (χ1) is 18.5. The summed E-state index contributed by atoms with van der Waals surface area (Å²) in [5.41, 5.74) is 2.91. The zero-order valence-electron chi connectivity index (χ0n) is 20.8. The van der Waals surface area contributed by atoms with Gasteiger partial charge < -0.3 is 14.5 Å². The van der Waals surface area contributed by atoms with Crippen LogP contribution in [0.2, 0.25) is 0 Å². The smallest absolute Gasteiger partial charge is 0.269 e. The fourth-order valence-electron chi connectivity index (χ4n) is 3.99. The number of nitro groups is 1. The topological polar surface area (TPSA) is 116 Å². The SMILES string of the molecule is Cc1ccc(NCc2nn(CN3CCOCC3)c(=S)n2/N=C/c2ccc(-c3ccc([N+](=O)[O-])cc3)o2)cc1. The Morgan fingerprint density at radius 1 is 1.11 bits per heavy atom. The minimum atomic E-state index is -0.432. The molecule has 1 fully saturated rings. The molecule has 1 aliphatic heterocycles. The van der Waals surface area contributed by atoms with Crippen molar-refractivity contribution in [3.05, 3.63) is 92.7 Å². The van der Waals surface area contributed by atoms with Crippen molar-refractivity contribution < 1.29 is 14.1 Å². The molecule has 38 heavy (non-hydrogen) atoms. The highest BCUT2D eigenvalue weighted by Crippen LogP contribution is 2.24. The molecule has 0 unspecified atom stereocenters. The number of hydrogen-bond donors (Lipinski definition) is 1. The molecule has 0 amide bonds. The van der Waals surface area contributed by atoms with Gasteiger partial charge in [0.1, 0.15) is 11.5 Å². The van der Waals surface area contributed by atoms with E-state index in [1.165, 1.54) is 17.7 Å². The quantitative estimate of drug-likeness (QED) is 0.143.